The summed E-state index contributed by atoms with van der Waals surface area (Å²) in [5.74, 6) is 0.949. The van der Waals surface area contributed by atoms with E-state index in [1.807, 2.05) is 62.4 Å². The number of hydrogen-bond donors (Lipinski definition) is 1. The Bertz CT molecular complexity index is 1550. The number of nitrogens with zero attached hydrogens (tertiary/aromatic N) is 3. The Morgan fingerprint density at radius 3 is 2.55 bits per heavy atom. The predicted molar refractivity (Wildman–Crippen MR) is 127 cm³/mol. The standard InChI is InChI=1S/C23H18N4O2S2/c1-13-14(2)31-21-19(13)20(28)25-18(26-21)12-30-23-24-17-11-7-6-10-16(17)22(29)27(23)15-8-4-3-5-9-15/h3-11H,12H2,1-2H3,(H,25,26,28). The number of nitrogens with one attached hydrogen (secondary N) is 1. The summed E-state index contributed by atoms with van der Waals surface area (Å²) in [5.41, 5.74) is 2.11. The predicted octanol–water partition coefficient (Wildman–Crippen LogP) is 4.59. The molecule has 3 heterocycles. The fraction of sp³-hybridized carbons (Fsp3) is 0.130. The molecule has 0 aliphatic heterocycles. The van der Waals surface area contributed by atoms with Gasteiger partial charge in [-0.2, -0.15) is 0 Å². The number of thiophene rings is 1. The van der Waals surface area contributed by atoms with Gasteiger partial charge in [0, 0.05) is 4.88 Å². The molecule has 0 atom stereocenters. The number of fused-ring (bicyclic) bond motifs is 2. The van der Waals surface area contributed by atoms with E-state index in [0.29, 0.717) is 33.0 Å². The van der Waals surface area contributed by atoms with E-state index in [2.05, 4.69) is 9.97 Å². The van der Waals surface area contributed by atoms with E-state index in [1.54, 1.807) is 10.6 Å². The Kier molecular flexibility index (Phi) is 4.95. The van der Waals surface area contributed by atoms with Crippen molar-refractivity contribution in [3.63, 3.8) is 0 Å². The van der Waals surface area contributed by atoms with Gasteiger partial charge in [-0.15, -0.1) is 11.3 Å². The van der Waals surface area contributed by atoms with Gasteiger partial charge in [0.15, 0.2) is 5.16 Å². The van der Waals surface area contributed by atoms with E-state index in [9.17, 15) is 9.59 Å². The van der Waals surface area contributed by atoms with E-state index < -0.39 is 0 Å². The molecule has 0 spiro atoms. The van der Waals surface area contributed by atoms with Crippen LogP contribution in [0.25, 0.3) is 26.8 Å². The normalized spacial score (nSPS) is 11.4. The summed E-state index contributed by atoms with van der Waals surface area (Å²) in [4.78, 5) is 40.0. The first-order chi connectivity index (χ1) is 15.0. The third-order valence-corrected chi connectivity index (χ3v) is 7.24. The zero-order chi connectivity index (χ0) is 21.5. The minimum absolute atomic E-state index is 0.124. The highest BCUT2D eigenvalue weighted by Gasteiger charge is 2.15. The molecule has 0 aliphatic rings. The first-order valence-corrected chi connectivity index (χ1v) is 11.5. The smallest absolute Gasteiger partial charge is 0.266 e. The lowest BCUT2D eigenvalue weighted by atomic mass is 10.2. The molecule has 0 unspecified atom stereocenters. The topological polar surface area (TPSA) is 80.6 Å². The van der Waals surface area contributed by atoms with Gasteiger partial charge in [0.2, 0.25) is 0 Å². The van der Waals surface area contributed by atoms with Gasteiger partial charge in [0.1, 0.15) is 10.7 Å². The van der Waals surface area contributed by atoms with Crippen molar-refractivity contribution in [3.05, 3.63) is 91.6 Å². The molecule has 8 heteroatoms. The number of benzene rings is 2. The van der Waals surface area contributed by atoms with Crippen LogP contribution in [0.1, 0.15) is 16.3 Å². The van der Waals surface area contributed by atoms with Crippen LogP contribution in [0, 0.1) is 13.8 Å². The molecule has 0 saturated carbocycles. The van der Waals surface area contributed by atoms with Crippen LogP contribution in [0.2, 0.25) is 0 Å². The van der Waals surface area contributed by atoms with Crippen molar-refractivity contribution in [1.82, 2.24) is 19.5 Å². The number of aryl methyl sites for hydroxylation is 2. The van der Waals surface area contributed by atoms with Crippen LogP contribution >= 0.6 is 23.1 Å². The third-order valence-electron chi connectivity index (χ3n) is 5.19. The number of rotatable bonds is 4. The summed E-state index contributed by atoms with van der Waals surface area (Å²) in [6, 6.07) is 16.8. The molecule has 0 radical (unpaired) electrons. The third kappa shape index (κ3) is 3.47. The van der Waals surface area contributed by atoms with Crippen molar-refractivity contribution in [1.29, 1.82) is 0 Å². The minimum Gasteiger partial charge on any atom is -0.309 e. The molecule has 0 bridgehead atoms. The Balaban J connectivity index is 1.60. The summed E-state index contributed by atoms with van der Waals surface area (Å²) >= 11 is 2.90. The molecule has 1 N–H and O–H groups in total. The van der Waals surface area contributed by atoms with Crippen molar-refractivity contribution >= 4 is 44.2 Å². The second kappa shape index (κ2) is 7.79. The average molecular weight is 447 g/mol. The van der Waals surface area contributed by atoms with Crippen LogP contribution in [-0.4, -0.2) is 19.5 Å². The number of thioether (sulfide) groups is 1. The zero-order valence-electron chi connectivity index (χ0n) is 16.9. The zero-order valence-corrected chi connectivity index (χ0v) is 18.5. The maximum atomic E-state index is 13.3. The molecule has 0 fully saturated rings. The molecule has 154 valence electrons. The number of aromatic nitrogens is 4. The Morgan fingerprint density at radius 1 is 1.00 bits per heavy atom. The summed E-state index contributed by atoms with van der Waals surface area (Å²) in [6.07, 6.45) is 0. The second-order valence-electron chi connectivity index (χ2n) is 7.15. The van der Waals surface area contributed by atoms with Crippen LogP contribution < -0.4 is 11.1 Å². The maximum Gasteiger partial charge on any atom is 0.266 e. The molecule has 3 aromatic heterocycles. The van der Waals surface area contributed by atoms with Crippen molar-refractivity contribution in [2.75, 3.05) is 0 Å². The van der Waals surface area contributed by atoms with E-state index in [1.165, 1.54) is 23.1 Å². The molecule has 5 rings (SSSR count). The van der Waals surface area contributed by atoms with Crippen LogP contribution in [0.3, 0.4) is 0 Å². The average Bonchev–Trinajstić information content (AvgIpc) is 3.07. The van der Waals surface area contributed by atoms with Gasteiger partial charge in [-0.1, -0.05) is 42.1 Å². The van der Waals surface area contributed by atoms with Crippen LogP contribution in [0.15, 0.2) is 69.3 Å². The SMILES string of the molecule is Cc1sc2nc(CSc3nc4ccccc4c(=O)n3-c3ccccc3)[nH]c(=O)c2c1C. The van der Waals surface area contributed by atoms with Crippen molar-refractivity contribution in [2.24, 2.45) is 0 Å². The fourth-order valence-corrected chi connectivity index (χ4v) is 5.45. The number of para-hydroxylation sites is 2. The highest BCUT2D eigenvalue weighted by molar-refractivity contribution is 7.98. The van der Waals surface area contributed by atoms with Crippen LogP contribution in [0.4, 0.5) is 0 Å². The molecule has 0 amide bonds. The lowest BCUT2D eigenvalue weighted by molar-refractivity contribution is 0.818. The molecule has 0 saturated heterocycles. The second-order valence-corrected chi connectivity index (χ2v) is 9.30. The highest BCUT2D eigenvalue weighted by atomic mass is 32.2. The lowest BCUT2D eigenvalue weighted by Gasteiger charge is -2.13. The van der Waals surface area contributed by atoms with Crippen molar-refractivity contribution < 1.29 is 0 Å². The quantitative estimate of drug-likeness (QED) is 0.323. The monoisotopic (exact) mass is 446 g/mol. The van der Waals surface area contributed by atoms with Crippen molar-refractivity contribution in [2.45, 2.75) is 24.8 Å². The molecule has 6 nitrogen and oxygen atoms in total. The van der Waals surface area contributed by atoms with E-state index >= 15 is 0 Å². The summed E-state index contributed by atoms with van der Waals surface area (Å²) in [6.45, 7) is 3.93. The molecule has 31 heavy (non-hydrogen) atoms. The molecular weight excluding hydrogens is 428 g/mol. The number of H-pyrrole nitrogens is 1. The van der Waals surface area contributed by atoms with Crippen molar-refractivity contribution in [3.8, 4) is 5.69 Å². The fourth-order valence-electron chi connectivity index (χ4n) is 3.51. The van der Waals surface area contributed by atoms with Gasteiger partial charge in [0.25, 0.3) is 11.1 Å². The van der Waals surface area contributed by atoms with Gasteiger partial charge in [-0.05, 0) is 43.7 Å². The first kappa shape index (κ1) is 19.7. The first-order valence-electron chi connectivity index (χ1n) is 9.72. The van der Waals surface area contributed by atoms with E-state index in [0.717, 1.165) is 21.0 Å². The number of aromatic amines is 1. The van der Waals surface area contributed by atoms with Gasteiger partial charge in [0.05, 0.1) is 27.7 Å². The molecule has 2 aromatic carbocycles. The Morgan fingerprint density at radius 2 is 1.74 bits per heavy atom. The lowest BCUT2D eigenvalue weighted by Crippen LogP contribution is -2.21. The molecule has 5 aromatic rings. The summed E-state index contributed by atoms with van der Waals surface area (Å²) in [7, 11) is 0. The summed E-state index contributed by atoms with van der Waals surface area (Å²) in [5, 5.41) is 1.77. The van der Waals surface area contributed by atoms with Gasteiger partial charge >= 0.3 is 0 Å². The molecule has 0 aliphatic carbocycles. The molecular formula is C23H18N4O2S2. The van der Waals surface area contributed by atoms with E-state index in [-0.39, 0.29) is 11.1 Å². The van der Waals surface area contributed by atoms with Crippen LogP contribution in [-0.2, 0) is 5.75 Å². The maximum absolute atomic E-state index is 13.3. The summed E-state index contributed by atoms with van der Waals surface area (Å²) < 4.78 is 1.61. The van der Waals surface area contributed by atoms with E-state index in [4.69, 9.17) is 4.98 Å². The highest BCUT2D eigenvalue weighted by Crippen LogP contribution is 2.27. The van der Waals surface area contributed by atoms with Crippen LogP contribution in [0.5, 0.6) is 0 Å². The van der Waals surface area contributed by atoms with Gasteiger partial charge in [-0.3, -0.25) is 14.2 Å². The largest absolute Gasteiger partial charge is 0.309 e. The van der Waals surface area contributed by atoms with Gasteiger partial charge in [-0.25, -0.2) is 9.97 Å². The Labute approximate surface area is 185 Å². The minimum atomic E-state index is -0.130. The number of hydrogen-bond acceptors (Lipinski definition) is 6. The van der Waals surface area contributed by atoms with Gasteiger partial charge < -0.3 is 4.98 Å². The Hall–Kier alpha value is -3.23.